The molecule has 0 aromatic heterocycles. The zero-order valence-corrected chi connectivity index (χ0v) is 16.2. The highest BCUT2D eigenvalue weighted by Gasteiger charge is 2.50. The lowest BCUT2D eigenvalue weighted by atomic mass is 9.72. The molecular weight excluding hydrogens is 377 g/mol. The first-order valence-corrected chi connectivity index (χ1v) is 9.54. The molecule has 2 aromatic rings. The summed E-state index contributed by atoms with van der Waals surface area (Å²) in [6.45, 7) is 2.51. The summed E-state index contributed by atoms with van der Waals surface area (Å²) in [6, 6.07) is 12.2. The molecule has 1 fully saturated rings. The van der Waals surface area contributed by atoms with E-state index in [4.69, 9.17) is 4.74 Å². The minimum absolute atomic E-state index is 0.00314. The number of carboxylic acid groups (broad SMARTS) is 1. The number of hydrogen-bond acceptors (Lipinski definition) is 4. The first kappa shape index (κ1) is 20.8. The Bertz CT molecular complexity index is 868. The van der Waals surface area contributed by atoms with Gasteiger partial charge in [-0.2, -0.15) is 0 Å². The van der Waals surface area contributed by atoms with Gasteiger partial charge in [0, 0.05) is 18.7 Å². The summed E-state index contributed by atoms with van der Waals surface area (Å²) in [5.74, 6) is -1.26. The molecule has 7 heteroatoms. The molecular formula is C22H24FNO5. The maximum Gasteiger partial charge on any atom is 0.314 e. The lowest BCUT2D eigenvalue weighted by Crippen LogP contribution is -2.58. The number of aliphatic hydroxyl groups excluding tert-OH is 1. The zero-order chi connectivity index (χ0) is 21.0. The highest BCUT2D eigenvalue weighted by molar-refractivity contribution is 5.95. The molecule has 2 aromatic carbocycles. The van der Waals surface area contributed by atoms with Crippen LogP contribution < -0.4 is 4.74 Å². The van der Waals surface area contributed by atoms with Gasteiger partial charge in [-0.1, -0.05) is 12.1 Å². The van der Waals surface area contributed by atoms with Crippen LogP contribution in [0.3, 0.4) is 0 Å². The molecule has 1 saturated heterocycles. The van der Waals surface area contributed by atoms with Crippen LogP contribution in [0.1, 0.15) is 29.3 Å². The van der Waals surface area contributed by atoms with Crippen molar-refractivity contribution in [2.45, 2.75) is 25.9 Å². The molecule has 0 unspecified atom stereocenters. The molecule has 2 atom stereocenters. The van der Waals surface area contributed by atoms with Crippen LogP contribution in [-0.4, -0.2) is 52.8 Å². The van der Waals surface area contributed by atoms with Crippen LogP contribution in [0.2, 0.25) is 0 Å². The molecule has 1 aliphatic heterocycles. The Kier molecular flexibility index (Phi) is 6.17. The number of carbonyl (C=O) groups is 2. The van der Waals surface area contributed by atoms with Crippen molar-refractivity contribution in [2.75, 3.05) is 19.7 Å². The number of likely N-dealkylation sites (tertiary alicyclic amines) is 1. The lowest BCUT2D eigenvalue weighted by molar-refractivity contribution is -0.161. The number of nitrogens with zero attached hydrogens (tertiary/aromatic N) is 1. The number of piperidine rings is 1. The third kappa shape index (κ3) is 4.40. The second kappa shape index (κ2) is 8.61. The van der Waals surface area contributed by atoms with Crippen molar-refractivity contribution in [2.24, 2.45) is 5.41 Å². The van der Waals surface area contributed by atoms with Gasteiger partial charge in [-0.05, 0) is 61.7 Å². The van der Waals surface area contributed by atoms with Crippen LogP contribution in [0.4, 0.5) is 4.39 Å². The maximum absolute atomic E-state index is 13.2. The monoisotopic (exact) mass is 401 g/mol. The van der Waals surface area contributed by atoms with E-state index in [1.54, 1.807) is 24.3 Å². The molecule has 0 aliphatic carbocycles. The predicted molar refractivity (Wildman–Crippen MR) is 104 cm³/mol. The Morgan fingerprint density at radius 3 is 2.41 bits per heavy atom. The van der Waals surface area contributed by atoms with Crippen molar-refractivity contribution in [3.63, 3.8) is 0 Å². The van der Waals surface area contributed by atoms with Gasteiger partial charge in [0.25, 0.3) is 5.91 Å². The molecule has 0 spiro atoms. The molecule has 0 bridgehead atoms. The van der Waals surface area contributed by atoms with Gasteiger partial charge in [0.15, 0.2) is 0 Å². The smallest absolute Gasteiger partial charge is 0.314 e. The Balaban J connectivity index is 1.83. The first-order valence-electron chi connectivity index (χ1n) is 9.54. The normalized spacial score (nSPS) is 21.6. The number of ether oxygens (including phenoxy) is 1. The number of carbonyl (C=O) groups excluding carboxylic acids is 1. The molecule has 154 valence electrons. The highest BCUT2D eigenvalue weighted by atomic mass is 19.1. The van der Waals surface area contributed by atoms with Crippen molar-refractivity contribution in [1.29, 1.82) is 0 Å². The van der Waals surface area contributed by atoms with Crippen molar-refractivity contribution in [1.82, 2.24) is 4.90 Å². The largest absolute Gasteiger partial charge is 0.494 e. The van der Waals surface area contributed by atoms with Gasteiger partial charge in [0.1, 0.15) is 17.0 Å². The summed E-state index contributed by atoms with van der Waals surface area (Å²) in [4.78, 5) is 26.6. The summed E-state index contributed by atoms with van der Waals surface area (Å²) in [6.07, 6.45) is -0.970. The van der Waals surface area contributed by atoms with Crippen LogP contribution in [0.25, 0.3) is 0 Å². The van der Waals surface area contributed by atoms with Gasteiger partial charge in [-0.15, -0.1) is 0 Å². The van der Waals surface area contributed by atoms with Crippen molar-refractivity contribution in [3.8, 4) is 5.75 Å². The third-order valence-corrected chi connectivity index (χ3v) is 5.34. The molecule has 0 radical (unpaired) electrons. The van der Waals surface area contributed by atoms with Crippen molar-refractivity contribution >= 4 is 11.9 Å². The number of amides is 1. The summed E-state index contributed by atoms with van der Waals surface area (Å²) < 4.78 is 18.6. The minimum atomic E-state index is -1.56. The van der Waals surface area contributed by atoms with Crippen LogP contribution in [0.5, 0.6) is 5.75 Å². The van der Waals surface area contributed by atoms with Gasteiger partial charge in [0.05, 0.1) is 12.7 Å². The summed E-state index contributed by atoms with van der Waals surface area (Å²) >= 11 is 0. The van der Waals surface area contributed by atoms with Gasteiger partial charge in [0.2, 0.25) is 0 Å². The molecule has 6 nitrogen and oxygen atoms in total. The van der Waals surface area contributed by atoms with E-state index in [0.29, 0.717) is 23.5 Å². The van der Waals surface area contributed by atoms with Gasteiger partial charge in [-0.25, -0.2) is 4.39 Å². The molecule has 29 heavy (non-hydrogen) atoms. The van der Waals surface area contributed by atoms with E-state index in [-0.39, 0.29) is 31.8 Å². The average Bonchev–Trinajstić information content (AvgIpc) is 2.71. The lowest BCUT2D eigenvalue weighted by Gasteiger charge is -2.43. The Labute approximate surface area is 168 Å². The second-order valence-corrected chi connectivity index (χ2v) is 7.25. The quantitative estimate of drug-likeness (QED) is 0.777. The SMILES string of the molecule is CCOc1ccc(C(=O)N2CC[C@@H](O)[C@](Cc3ccc(F)cc3)(C(=O)O)C2)cc1. The van der Waals surface area contributed by atoms with Crippen LogP contribution in [-0.2, 0) is 11.2 Å². The fraction of sp³-hybridized carbons (Fsp3) is 0.364. The Morgan fingerprint density at radius 1 is 1.17 bits per heavy atom. The topological polar surface area (TPSA) is 87.1 Å². The number of carboxylic acids is 1. The fourth-order valence-electron chi connectivity index (χ4n) is 3.72. The van der Waals surface area contributed by atoms with Crippen LogP contribution >= 0.6 is 0 Å². The number of benzene rings is 2. The molecule has 0 saturated carbocycles. The summed E-state index contributed by atoms with van der Waals surface area (Å²) in [7, 11) is 0. The molecule has 1 aliphatic rings. The number of hydrogen-bond donors (Lipinski definition) is 2. The molecule has 2 N–H and O–H groups in total. The molecule has 1 heterocycles. The predicted octanol–water partition coefficient (Wildman–Crippen LogP) is 2.74. The van der Waals surface area contributed by atoms with E-state index in [2.05, 4.69) is 0 Å². The van der Waals surface area contributed by atoms with E-state index in [1.807, 2.05) is 6.92 Å². The van der Waals surface area contributed by atoms with E-state index in [0.717, 1.165) is 0 Å². The third-order valence-electron chi connectivity index (χ3n) is 5.34. The molecule has 1 amide bonds. The molecule has 3 rings (SSSR count). The summed E-state index contributed by atoms with van der Waals surface area (Å²) in [5, 5.41) is 20.5. The van der Waals surface area contributed by atoms with Crippen LogP contribution in [0, 0.1) is 11.2 Å². The zero-order valence-electron chi connectivity index (χ0n) is 16.2. The minimum Gasteiger partial charge on any atom is -0.494 e. The average molecular weight is 401 g/mol. The highest BCUT2D eigenvalue weighted by Crippen LogP contribution is 2.35. The van der Waals surface area contributed by atoms with E-state index >= 15 is 0 Å². The number of rotatable bonds is 6. The van der Waals surface area contributed by atoms with Gasteiger partial charge >= 0.3 is 5.97 Å². The fourth-order valence-corrected chi connectivity index (χ4v) is 3.72. The van der Waals surface area contributed by atoms with Crippen molar-refractivity contribution in [3.05, 3.63) is 65.5 Å². The Morgan fingerprint density at radius 2 is 1.83 bits per heavy atom. The van der Waals surface area contributed by atoms with Crippen LogP contribution in [0.15, 0.2) is 48.5 Å². The van der Waals surface area contributed by atoms with Crippen molar-refractivity contribution < 1.29 is 28.9 Å². The van der Waals surface area contributed by atoms with E-state index < -0.39 is 23.3 Å². The standard InChI is InChI=1S/C22H24FNO5/c1-2-29-18-9-5-16(6-10-18)20(26)24-12-11-19(25)22(14-24,21(27)28)13-15-3-7-17(23)8-4-15/h3-10,19,25H,2,11-14H2,1H3,(H,27,28)/t19-,22-/m1/s1. The van der Waals surface area contributed by atoms with E-state index in [1.165, 1.54) is 29.2 Å². The second-order valence-electron chi connectivity index (χ2n) is 7.25. The van der Waals surface area contributed by atoms with Gasteiger partial charge < -0.3 is 19.8 Å². The Hall–Kier alpha value is -2.93. The number of halogens is 1. The number of aliphatic hydroxyl groups is 1. The summed E-state index contributed by atoms with van der Waals surface area (Å²) in [5.41, 5.74) is -0.550. The maximum atomic E-state index is 13.2. The van der Waals surface area contributed by atoms with Gasteiger partial charge in [-0.3, -0.25) is 9.59 Å². The first-order chi connectivity index (χ1) is 13.9. The van der Waals surface area contributed by atoms with E-state index in [9.17, 15) is 24.2 Å². The number of aliphatic carboxylic acids is 1.